The van der Waals surface area contributed by atoms with E-state index in [2.05, 4.69) is 10.2 Å². The third-order valence-electron chi connectivity index (χ3n) is 8.20. The molecule has 2 amide bonds. The minimum Gasteiger partial charge on any atom is -0.487 e. The van der Waals surface area contributed by atoms with Crippen LogP contribution >= 0.6 is 0 Å². The minimum absolute atomic E-state index is 0.0910. The Morgan fingerprint density at radius 2 is 1.86 bits per heavy atom. The summed E-state index contributed by atoms with van der Waals surface area (Å²) in [5.41, 5.74) is -0.492. The average molecular weight is 522 g/mol. The molecule has 7 nitrogen and oxygen atoms in total. The molecule has 5 atom stereocenters. The molecule has 1 aromatic carbocycles. The molecule has 4 rings (SSSR count). The van der Waals surface area contributed by atoms with Gasteiger partial charge in [-0.05, 0) is 43.2 Å². The van der Waals surface area contributed by atoms with Crippen LogP contribution in [0, 0.1) is 23.0 Å². The predicted molar refractivity (Wildman–Crippen MR) is 136 cm³/mol. The molecule has 9 heteroatoms. The highest BCUT2D eigenvalue weighted by atomic mass is 19.2. The predicted octanol–water partition coefficient (Wildman–Crippen LogP) is 3.75. The molecule has 0 spiro atoms. The molecule has 0 radical (unpaired) electrons. The second kappa shape index (κ2) is 11.2. The van der Waals surface area contributed by atoms with Gasteiger partial charge in [0.25, 0.3) is 0 Å². The molecule has 0 unspecified atom stereocenters. The van der Waals surface area contributed by atoms with Crippen molar-refractivity contribution < 1.29 is 27.8 Å². The van der Waals surface area contributed by atoms with Crippen LogP contribution < -0.4 is 10.1 Å². The normalized spacial score (nSPS) is 26.6. The number of benzene rings is 1. The second-order valence-corrected chi connectivity index (χ2v) is 11.8. The van der Waals surface area contributed by atoms with Crippen molar-refractivity contribution in [3.05, 3.63) is 29.8 Å². The number of carbonyl (C=O) groups excluding carboxylic acids is 2. The number of nitrogens with one attached hydrogen (secondary N) is 1. The van der Waals surface area contributed by atoms with Gasteiger partial charge in [0.05, 0.1) is 6.04 Å². The number of ether oxygens (including phenoxy) is 2. The van der Waals surface area contributed by atoms with Crippen molar-refractivity contribution in [2.45, 2.75) is 90.6 Å². The Kier molecular flexibility index (Phi) is 8.43. The van der Waals surface area contributed by atoms with Crippen molar-refractivity contribution in [1.82, 2.24) is 15.1 Å². The van der Waals surface area contributed by atoms with E-state index in [-0.39, 0.29) is 35.6 Å². The zero-order valence-electron chi connectivity index (χ0n) is 22.6. The van der Waals surface area contributed by atoms with Gasteiger partial charge in [-0.1, -0.05) is 34.6 Å². The van der Waals surface area contributed by atoms with Gasteiger partial charge in [-0.15, -0.1) is 0 Å². The molecule has 37 heavy (non-hydrogen) atoms. The van der Waals surface area contributed by atoms with Gasteiger partial charge in [0.2, 0.25) is 11.8 Å². The van der Waals surface area contributed by atoms with E-state index < -0.39 is 29.2 Å². The highest BCUT2D eigenvalue weighted by Crippen LogP contribution is 2.38. The Balaban J connectivity index is 1.61. The Hall–Kier alpha value is -2.26. The van der Waals surface area contributed by atoms with Crippen LogP contribution in [0.1, 0.15) is 60.3 Å². The molecule has 0 aliphatic carbocycles. The van der Waals surface area contributed by atoms with Crippen LogP contribution in [-0.2, 0) is 14.3 Å². The average Bonchev–Trinajstić information content (AvgIpc) is 3.45. The lowest BCUT2D eigenvalue weighted by Crippen LogP contribution is -2.58. The Bertz CT molecular complexity index is 979. The number of carbonyl (C=O) groups is 2. The summed E-state index contributed by atoms with van der Waals surface area (Å²) in [6.07, 6.45) is 2.89. The largest absolute Gasteiger partial charge is 0.487 e. The number of halogens is 2. The van der Waals surface area contributed by atoms with Gasteiger partial charge in [0, 0.05) is 50.4 Å². The molecular weight excluding hydrogens is 480 g/mol. The molecule has 1 N–H and O–H groups in total. The molecule has 1 aromatic rings. The summed E-state index contributed by atoms with van der Waals surface area (Å²) in [6, 6.07) is 3.02. The minimum atomic E-state index is -0.965. The fourth-order valence-electron chi connectivity index (χ4n) is 5.87. The van der Waals surface area contributed by atoms with E-state index in [0.717, 1.165) is 31.4 Å². The van der Waals surface area contributed by atoms with Crippen LogP contribution in [0.2, 0.25) is 0 Å². The van der Waals surface area contributed by atoms with Crippen molar-refractivity contribution in [2.24, 2.45) is 11.3 Å². The lowest BCUT2D eigenvalue weighted by atomic mass is 9.85. The Labute approximate surface area is 218 Å². The van der Waals surface area contributed by atoms with Crippen LogP contribution in [0.25, 0.3) is 0 Å². The third-order valence-corrected chi connectivity index (χ3v) is 8.20. The smallest absolute Gasteiger partial charge is 0.246 e. The first-order valence-electron chi connectivity index (χ1n) is 13.6. The second-order valence-electron chi connectivity index (χ2n) is 11.8. The van der Waals surface area contributed by atoms with Crippen LogP contribution in [-0.4, -0.2) is 78.2 Å². The van der Waals surface area contributed by atoms with Crippen LogP contribution in [0.15, 0.2) is 18.2 Å². The van der Waals surface area contributed by atoms with Crippen LogP contribution in [0.4, 0.5) is 8.78 Å². The molecule has 0 bridgehead atoms. The fourth-order valence-corrected chi connectivity index (χ4v) is 5.87. The first-order valence-corrected chi connectivity index (χ1v) is 13.6. The lowest BCUT2D eigenvalue weighted by molar-refractivity contribution is -0.142. The zero-order valence-corrected chi connectivity index (χ0v) is 22.6. The van der Waals surface area contributed by atoms with Crippen molar-refractivity contribution in [3.8, 4) is 5.75 Å². The summed E-state index contributed by atoms with van der Waals surface area (Å²) in [4.78, 5) is 31.2. The number of rotatable bonds is 7. The highest BCUT2D eigenvalue weighted by molar-refractivity contribution is 5.89. The van der Waals surface area contributed by atoms with E-state index in [9.17, 15) is 18.4 Å². The SMILES string of the molecule is CC[C@@H](C)C(=O)N[C@H](C(=O)N1CC[C@@H]2[C@H]1[C@@H](Oc1ccc(F)c(F)c1)CN2C1CCOCC1)C(C)(C)C. The molecule has 3 heterocycles. The monoisotopic (exact) mass is 521 g/mol. The van der Waals surface area contributed by atoms with Crippen molar-refractivity contribution in [2.75, 3.05) is 26.3 Å². The number of likely N-dealkylation sites (tertiary alicyclic amines) is 2. The Morgan fingerprint density at radius 3 is 2.49 bits per heavy atom. The molecule has 3 aliphatic heterocycles. The highest BCUT2D eigenvalue weighted by Gasteiger charge is 2.54. The van der Waals surface area contributed by atoms with Gasteiger partial charge in [-0.2, -0.15) is 0 Å². The third kappa shape index (κ3) is 5.93. The van der Waals surface area contributed by atoms with E-state index >= 15 is 0 Å². The van der Waals surface area contributed by atoms with Gasteiger partial charge >= 0.3 is 0 Å². The quantitative estimate of drug-likeness (QED) is 0.592. The van der Waals surface area contributed by atoms with Gasteiger partial charge in [-0.25, -0.2) is 8.78 Å². The maximum absolute atomic E-state index is 14.1. The first kappa shape index (κ1) is 27.8. The standard InChI is InChI=1S/C28H41F2N3O4/c1-6-17(2)26(34)31-25(28(3,4)5)27(35)32-12-9-22-24(32)23(16-33(22)18-10-13-36-14-11-18)37-19-7-8-20(29)21(30)15-19/h7-8,15,17-18,22-25H,6,9-14,16H2,1-5H3,(H,31,34)/t17-,22-,23+,24+,25-/m1/s1. The topological polar surface area (TPSA) is 71.1 Å². The van der Waals surface area contributed by atoms with Crippen LogP contribution in [0.5, 0.6) is 5.75 Å². The first-order chi connectivity index (χ1) is 17.5. The molecule has 3 saturated heterocycles. The van der Waals surface area contributed by atoms with Crippen LogP contribution in [0.3, 0.4) is 0 Å². The fraction of sp³-hybridized carbons (Fsp3) is 0.714. The van der Waals surface area contributed by atoms with E-state index in [1.165, 1.54) is 6.07 Å². The summed E-state index contributed by atoms with van der Waals surface area (Å²) < 4.78 is 39.4. The number of amides is 2. The molecule has 0 aromatic heterocycles. The van der Waals surface area contributed by atoms with Gasteiger partial charge in [-0.3, -0.25) is 14.5 Å². The van der Waals surface area contributed by atoms with Crippen molar-refractivity contribution in [1.29, 1.82) is 0 Å². The molecular formula is C28H41F2N3O4. The maximum atomic E-state index is 14.1. The zero-order chi connectivity index (χ0) is 26.9. The van der Waals surface area contributed by atoms with Gasteiger partial charge < -0.3 is 19.7 Å². The number of fused-ring (bicyclic) bond motifs is 1. The molecule has 0 saturated carbocycles. The number of hydrogen-bond donors (Lipinski definition) is 1. The lowest BCUT2D eigenvalue weighted by Gasteiger charge is -2.37. The molecule has 3 aliphatic rings. The number of hydrogen-bond acceptors (Lipinski definition) is 5. The Morgan fingerprint density at radius 1 is 1.16 bits per heavy atom. The summed E-state index contributed by atoms with van der Waals surface area (Å²) in [5.74, 6) is -2.09. The molecule has 206 valence electrons. The van der Waals surface area contributed by atoms with E-state index in [4.69, 9.17) is 9.47 Å². The van der Waals surface area contributed by atoms with Gasteiger partial charge in [0.1, 0.15) is 17.9 Å². The summed E-state index contributed by atoms with van der Waals surface area (Å²) in [7, 11) is 0. The summed E-state index contributed by atoms with van der Waals surface area (Å²) >= 11 is 0. The van der Waals surface area contributed by atoms with Crippen molar-refractivity contribution >= 4 is 11.8 Å². The van der Waals surface area contributed by atoms with Crippen molar-refractivity contribution in [3.63, 3.8) is 0 Å². The maximum Gasteiger partial charge on any atom is 0.246 e. The van der Waals surface area contributed by atoms with E-state index in [1.54, 1.807) is 0 Å². The van der Waals surface area contributed by atoms with E-state index in [1.807, 2.05) is 39.5 Å². The molecule has 3 fully saturated rings. The van der Waals surface area contributed by atoms with E-state index in [0.29, 0.717) is 38.8 Å². The summed E-state index contributed by atoms with van der Waals surface area (Å²) in [6.45, 7) is 12.2. The number of nitrogens with zero attached hydrogens (tertiary/aromatic N) is 2. The summed E-state index contributed by atoms with van der Waals surface area (Å²) in [5, 5.41) is 3.02. The van der Waals surface area contributed by atoms with Gasteiger partial charge in [0.15, 0.2) is 11.6 Å².